The maximum absolute atomic E-state index is 11.7. The molecular formula is C17H25O4-. The van der Waals surface area contributed by atoms with Crippen LogP contribution in [0.2, 0.25) is 0 Å². The fraction of sp³-hybridized carbons (Fsp3) is 0.647. The van der Waals surface area contributed by atoms with Crippen LogP contribution in [0.3, 0.4) is 0 Å². The Morgan fingerprint density at radius 1 is 1.33 bits per heavy atom. The predicted molar refractivity (Wildman–Crippen MR) is 79.2 cm³/mol. The molecule has 0 aromatic carbocycles. The number of aliphatic carboxylic acids is 1. The number of hydrogen-bond acceptors (Lipinski definition) is 4. The molecule has 2 unspecified atom stereocenters. The van der Waals surface area contributed by atoms with Crippen LogP contribution >= 0.6 is 0 Å². The van der Waals surface area contributed by atoms with Crippen molar-refractivity contribution in [1.29, 1.82) is 0 Å². The first-order chi connectivity index (χ1) is 9.78. The molecule has 0 saturated heterocycles. The average molecular weight is 293 g/mol. The fourth-order valence-corrected chi connectivity index (χ4v) is 2.36. The van der Waals surface area contributed by atoms with Crippen LogP contribution < -0.4 is 5.11 Å². The Morgan fingerprint density at radius 2 is 2.05 bits per heavy atom. The van der Waals surface area contributed by atoms with Crippen molar-refractivity contribution in [3.63, 3.8) is 0 Å². The first-order valence-electron chi connectivity index (χ1n) is 7.54. The topological polar surface area (TPSA) is 66.4 Å². The Hall–Kier alpha value is -1.58. The lowest BCUT2D eigenvalue weighted by Gasteiger charge is -2.23. The third-order valence-electron chi connectivity index (χ3n) is 3.36. The van der Waals surface area contributed by atoms with Crippen LogP contribution in [0.4, 0.5) is 0 Å². The summed E-state index contributed by atoms with van der Waals surface area (Å²) in [5.74, 6) is -1.93. The molecule has 2 atom stereocenters. The summed E-state index contributed by atoms with van der Waals surface area (Å²) in [6.07, 6.45) is 11.3. The van der Waals surface area contributed by atoms with E-state index in [1.54, 1.807) is 20.8 Å². The molecule has 0 fully saturated rings. The number of hydrogen-bond donors (Lipinski definition) is 0. The molecule has 0 saturated carbocycles. The Labute approximate surface area is 126 Å². The lowest BCUT2D eigenvalue weighted by Crippen LogP contribution is -2.34. The number of rotatable bonds is 7. The maximum atomic E-state index is 11.7. The Morgan fingerprint density at radius 3 is 2.57 bits per heavy atom. The summed E-state index contributed by atoms with van der Waals surface area (Å²) >= 11 is 0. The molecule has 0 aromatic heterocycles. The highest BCUT2D eigenvalue weighted by molar-refractivity contribution is 5.77. The van der Waals surface area contributed by atoms with Crippen LogP contribution in [0.25, 0.3) is 0 Å². The van der Waals surface area contributed by atoms with Gasteiger partial charge >= 0.3 is 5.97 Å². The van der Waals surface area contributed by atoms with Crippen LogP contribution in [0.1, 0.15) is 52.9 Å². The zero-order valence-corrected chi connectivity index (χ0v) is 13.1. The number of allylic oxidation sites excluding steroid dienone is 4. The molecule has 4 heteroatoms. The van der Waals surface area contributed by atoms with Gasteiger partial charge in [-0.15, -0.1) is 0 Å². The van der Waals surface area contributed by atoms with Gasteiger partial charge < -0.3 is 14.6 Å². The molecule has 0 aromatic rings. The van der Waals surface area contributed by atoms with Gasteiger partial charge in [-0.05, 0) is 46.0 Å². The van der Waals surface area contributed by atoms with E-state index in [0.717, 1.165) is 19.3 Å². The van der Waals surface area contributed by atoms with E-state index >= 15 is 0 Å². The number of carboxylic acid groups (broad SMARTS) is 1. The van der Waals surface area contributed by atoms with Gasteiger partial charge in [0.1, 0.15) is 5.60 Å². The highest BCUT2D eigenvalue weighted by Crippen LogP contribution is 2.22. The van der Waals surface area contributed by atoms with Crippen molar-refractivity contribution < 1.29 is 19.4 Å². The zero-order valence-electron chi connectivity index (χ0n) is 13.1. The van der Waals surface area contributed by atoms with Gasteiger partial charge in [-0.25, -0.2) is 0 Å². The fourth-order valence-electron chi connectivity index (χ4n) is 2.36. The van der Waals surface area contributed by atoms with Crippen LogP contribution in [0.5, 0.6) is 0 Å². The van der Waals surface area contributed by atoms with Gasteiger partial charge in [-0.1, -0.05) is 30.7 Å². The summed E-state index contributed by atoms with van der Waals surface area (Å²) in [6.45, 7) is 5.30. The molecule has 4 nitrogen and oxygen atoms in total. The summed E-state index contributed by atoms with van der Waals surface area (Å²) < 4.78 is 5.16. The van der Waals surface area contributed by atoms with E-state index in [4.69, 9.17) is 4.74 Å². The number of carbonyl (C=O) groups is 2. The van der Waals surface area contributed by atoms with E-state index in [1.807, 2.05) is 12.2 Å². The van der Waals surface area contributed by atoms with E-state index in [1.165, 1.54) is 0 Å². The van der Waals surface area contributed by atoms with Crippen molar-refractivity contribution in [2.45, 2.75) is 58.5 Å². The van der Waals surface area contributed by atoms with Crippen LogP contribution in [0.15, 0.2) is 24.3 Å². The average Bonchev–Trinajstić information content (AvgIpc) is 2.36. The van der Waals surface area contributed by atoms with Crippen molar-refractivity contribution in [3.05, 3.63) is 24.3 Å². The van der Waals surface area contributed by atoms with Crippen LogP contribution in [-0.2, 0) is 14.3 Å². The third-order valence-corrected chi connectivity index (χ3v) is 3.36. The zero-order chi connectivity index (χ0) is 15.9. The third kappa shape index (κ3) is 7.69. The second kappa shape index (κ2) is 8.01. The first kappa shape index (κ1) is 17.5. The lowest BCUT2D eigenvalue weighted by molar-refractivity contribution is -0.312. The smallest absolute Gasteiger partial charge is 0.306 e. The van der Waals surface area contributed by atoms with Crippen molar-refractivity contribution >= 4 is 11.9 Å². The molecule has 1 aliphatic rings. The first-order valence-corrected chi connectivity index (χ1v) is 7.54. The molecule has 1 rings (SSSR count). The summed E-state index contributed by atoms with van der Waals surface area (Å²) in [5, 5.41) is 11.1. The van der Waals surface area contributed by atoms with Crippen LogP contribution in [0, 0.1) is 11.8 Å². The van der Waals surface area contributed by atoms with Crippen molar-refractivity contribution in [3.8, 4) is 0 Å². The summed E-state index contributed by atoms with van der Waals surface area (Å²) in [5.41, 5.74) is -0.590. The Bertz CT molecular complexity index is 415. The molecule has 0 bridgehead atoms. The highest BCUT2D eigenvalue weighted by Gasteiger charge is 2.21. The van der Waals surface area contributed by atoms with Crippen LogP contribution in [-0.4, -0.2) is 17.5 Å². The summed E-state index contributed by atoms with van der Waals surface area (Å²) in [7, 11) is 0. The normalized spacial score (nSPS) is 19.3. The minimum Gasteiger partial charge on any atom is -0.550 e. The quantitative estimate of drug-likeness (QED) is 0.676. The molecule has 0 aliphatic heterocycles. The second-order valence-corrected chi connectivity index (χ2v) is 6.55. The number of ether oxygens (including phenoxy) is 1. The molecule has 0 spiro atoms. The van der Waals surface area contributed by atoms with E-state index in [9.17, 15) is 14.7 Å². The van der Waals surface area contributed by atoms with Crippen molar-refractivity contribution in [2.75, 3.05) is 0 Å². The minimum absolute atomic E-state index is 0.111. The largest absolute Gasteiger partial charge is 0.550 e. The standard InChI is InChI=1S/C17H26O4/c1-17(2,3)21-15(18)12-14(16(19)20)11-7-10-13-8-5-4-6-9-13/h4-6,8,13-14H,7,9-12H2,1-3H3,(H,19,20)/p-1. The predicted octanol–water partition coefficient (Wildman–Crippen LogP) is 2.39. The molecule has 0 heterocycles. The number of carbonyl (C=O) groups excluding carboxylic acids is 2. The van der Waals surface area contributed by atoms with Gasteiger partial charge in [0.05, 0.1) is 6.42 Å². The van der Waals surface area contributed by atoms with Gasteiger partial charge in [0.15, 0.2) is 0 Å². The van der Waals surface area contributed by atoms with Crippen molar-refractivity contribution in [1.82, 2.24) is 0 Å². The summed E-state index contributed by atoms with van der Waals surface area (Å²) in [4.78, 5) is 22.8. The molecule has 0 radical (unpaired) electrons. The van der Waals surface area contributed by atoms with Gasteiger partial charge in [-0.3, -0.25) is 4.79 Å². The molecule has 0 amide bonds. The van der Waals surface area contributed by atoms with E-state index in [2.05, 4.69) is 12.2 Å². The lowest BCUT2D eigenvalue weighted by atomic mass is 9.91. The van der Waals surface area contributed by atoms with Gasteiger partial charge in [0.25, 0.3) is 0 Å². The summed E-state index contributed by atoms with van der Waals surface area (Å²) in [6, 6.07) is 0. The maximum Gasteiger partial charge on any atom is 0.306 e. The molecular weight excluding hydrogens is 268 g/mol. The number of carboxylic acids is 1. The van der Waals surface area contributed by atoms with E-state index < -0.39 is 23.5 Å². The van der Waals surface area contributed by atoms with Crippen molar-refractivity contribution in [2.24, 2.45) is 11.8 Å². The second-order valence-electron chi connectivity index (χ2n) is 6.55. The monoisotopic (exact) mass is 293 g/mol. The SMILES string of the molecule is CC(C)(C)OC(=O)CC(CCCC1C=CC=CC1)C(=O)[O-]. The van der Waals surface area contributed by atoms with E-state index in [0.29, 0.717) is 12.3 Å². The highest BCUT2D eigenvalue weighted by atomic mass is 16.6. The molecule has 21 heavy (non-hydrogen) atoms. The molecule has 118 valence electrons. The Balaban J connectivity index is 2.36. The number of esters is 1. The molecule has 0 N–H and O–H groups in total. The van der Waals surface area contributed by atoms with Gasteiger partial charge in [-0.2, -0.15) is 0 Å². The molecule has 1 aliphatic carbocycles. The van der Waals surface area contributed by atoms with E-state index in [-0.39, 0.29) is 6.42 Å². The Kier molecular flexibility index (Phi) is 6.66. The van der Waals surface area contributed by atoms with Gasteiger partial charge in [0.2, 0.25) is 0 Å². The van der Waals surface area contributed by atoms with Gasteiger partial charge in [0, 0.05) is 11.9 Å². The minimum atomic E-state index is -1.17.